The Bertz CT molecular complexity index is 1070. The lowest BCUT2D eigenvalue weighted by atomic mass is 9.98. The van der Waals surface area contributed by atoms with Gasteiger partial charge in [0.2, 0.25) is 0 Å². The summed E-state index contributed by atoms with van der Waals surface area (Å²) in [5.41, 5.74) is 6.54. The standard InChI is InChI=1S/C32H34O2/c33-31-21-19-25(23-29(31)27-15-9-5-10-16-27)13-7-3-1-2-4-8-14-26-20-22-32(34)30(24-26)28-17-11-6-12-18-28/h5-6,9-12,15-24,33-34H,1-4,7-8,13-14H2. The second-order valence-corrected chi connectivity index (χ2v) is 9.06. The molecule has 0 saturated heterocycles. The highest BCUT2D eigenvalue weighted by Gasteiger charge is 2.07. The average Bonchev–Trinajstić information content (AvgIpc) is 2.88. The van der Waals surface area contributed by atoms with Crippen molar-refractivity contribution in [3.8, 4) is 33.8 Å². The van der Waals surface area contributed by atoms with E-state index >= 15 is 0 Å². The molecule has 0 spiro atoms. The van der Waals surface area contributed by atoms with Crippen molar-refractivity contribution >= 4 is 0 Å². The van der Waals surface area contributed by atoms with Crippen LogP contribution in [0.1, 0.15) is 49.7 Å². The number of aromatic hydroxyl groups is 2. The van der Waals surface area contributed by atoms with Gasteiger partial charge in [0.25, 0.3) is 0 Å². The SMILES string of the molecule is Oc1ccc(CCCCCCCCc2ccc(O)c(-c3ccccc3)c2)cc1-c1ccccc1. The molecular formula is C32H34O2. The van der Waals surface area contributed by atoms with E-state index in [2.05, 4.69) is 12.1 Å². The molecule has 174 valence electrons. The van der Waals surface area contributed by atoms with Gasteiger partial charge in [0.1, 0.15) is 11.5 Å². The minimum Gasteiger partial charge on any atom is -0.507 e. The first-order valence-corrected chi connectivity index (χ1v) is 12.5. The number of aryl methyl sites for hydroxylation is 2. The van der Waals surface area contributed by atoms with Gasteiger partial charge in [0.15, 0.2) is 0 Å². The van der Waals surface area contributed by atoms with Crippen molar-refractivity contribution in [3.05, 3.63) is 108 Å². The second kappa shape index (κ2) is 12.1. The van der Waals surface area contributed by atoms with Crippen molar-refractivity contribution in [1.82, 2.24) is 0 Å². The fourth-order valence-electron chi connectivity index (χ4n) is 4.54. The van der Waals surface area contributed by atoms with Gasteiger partial charge in [-0.25, -0.2) is 0 Å². The normalized spacial score (nSPS) is 10.9. The number of phenols is 2. The number of hydrogen-bond acceptors (Lipinski definition) is 2. The minimum absolute atomic E-state index is 0.347. The van der Waals surface area contributed by atoms with E-state index in [0.717, 1.165) is 35.1 Å². The van der Waals surface area contributed by atoms with E-state index in [0.29, 0.717) is 11.5 Å². The maximum atomic E-state index is 10.2. The first kappa shape index (κ1) is 23.6. The number of rotatable bonds is 11. The molecule has 2 N–H and O–H groups in total. The number of hydrogen-bond donors (Lipinski definition) is 2. The van der Waals surface area contributed by atoms with Gasteiger partial charge in [0.05, 0.1) is 0 Å². The van der Waals surface area contributed by atoms with Gasteiger partial charge in [-0.2, -0.15) is 0 Å². The van der Waals surface area contributed by atoms with Crippen LogP contribution in [0.15, 0.2) is 97.1 Å². The molecule has 2 nitrogen and oxygen atoms in total. The smallest absolute Gasteiger partial charge is 0.123 e. The summed E-state index contributed by atoms with van der Waals surface area (Å²) in [6.45, 7) is 0. The Kier molecular flexibility index (Phi) is 8.40. The van der Waals surface area contributed by atoms with E-state index in [-0.39, 0.29) is 0 Å². The zero-order valence-corrected chi connectivity index (χ0v) is 19.8. The third-order valence-corrected chi connectivity index (χ3v) is 6.47. The van der Waals surface area contributed by atoms with Crippen molar-refractivity contribution < 1.29 is 10.2 Å². The molecule has 0 bridgehead atoms. The molecule has 0 aliphatic heterocycles. The Labute approximate surface area is 203 Å². The lowest BCUT2D eigenvalue weighted by Gasteiger charge is -2.09. The maximum absolute atomic E-state index is 10.2. The number of unbranched alkanes of at least 4 members (excludes halogenated alkanes) is 5. The number of benzene rings is 4. The third kappa shape index (κ3) is 6.51. The quantitative estimate of drug-likeness (QED) is 0.225. The van der Waals surface area contributed by atoms with Crippen LogP contribution in [0.2, 0.25) is 0 Å². The minimum atomic E-state index is 0.347. The van der Waals surface area contributed by atoms with Gasteiger partial charge in [0, 0.05) is 11.1 Å². The predicted molar refractivity (Wildman–Crippen MR) is 142 cm³/mol. The lowest BCUT2D eigenvalue weighted by molar-refractivity contribution is 0.476. The van der Waals surface area contributed by atoms with Gasteiger partial charge in [-0.1, -0.05) is 98.5 Å². The molecule has 0 fully saturated rings. The molecule has 4 rings (SSSR count). The summed E-state index contributed by atoms with van der Waals surface area (Å²) in [5, 5.41) is 20.5. The van der Waals surface area contributed by atoms with Gasteiger partial charge in [-0.15, -0.1) is 0 Å². The highest BCUT2D eigenvalue weighted by atomic mass is 16.3. The van der Waals surface area contributed by atoms with Crippen molar-refractivity contribution in [2.45, 2.75) is 51.4 Å². The van der Waals surface area contributed by atoms with Crippen molar-refractivity contribution in [1.29, 1.82) is 0 Å². The fraction of sp³-hybridized carbons (Fsp3) is 0.250. The summed E-state index contributed by atoms with van der Waals surface area (Å²) in [6.07, 6.45) is 9.45. The second-order valence-electron chi connectivity index (χ2n) is 9.06. The largest absolute Gasteiger partial charge is 0.507 e. The molecule has 0 atom stereocenters. The molecule has 0 aliphatic carbocycles. The van der Waals surface area contributed by atoms with Gasteiger partial charge >= 0.3 is 0 Å². The zero-order valence-electron chi connectivity index (χ0n) is 19.8. The Morgan fingerprint density at radius 3 is 1.21 bits per heavy atom. The van der Waals surface area contributed by atoms with Crippen molar-refractivity contribution in [3.63, 3.8) is 0 Å². The van der Waals surface area contributed by atoms with Crippen LogP contribution in [0.3, 0.4) is 0 Å². The molecule has 0 radical (unpaired) electrons. The fourth-order valence-corrected chi connectivity index (χ4v) is 4.54. The van der Waals surface area contributed by atoms with E-state index in [1.807, 2.05) is 84.9 Å². The van der Waals surface area contributed by atoms with Crippen LogP contribution in [0.25, 0.3) is 22.3 Å². The molecule has 34 heavy (non-hydrogen) atoms. The lowest BCUT2D eigenvalue weighted by Crippen LogP contribution is -1.90. The van der Waals surface area contributed by atoms with Crippen LogP contribution < -0.4 is 0 Å². The average molecular weight is 451 g/mol. The van der Waals surface area contributed by atoms with Gasteiger partial charge in [-0.3, -0.25) is 0 Å². The van der Waals surface area contributed by atoms with E-state index in [1.165, 1.54) is 49.7 Å². The molecule has 0 heterocycles. The number of phenolic OH excluding ortho intramolecular Hbond substituents is 2. The Balaban J connectivity index is 1.16. The summed E-state index contributed by atoms with van der Waals surface area (Å²) in [4.78, 5) is 0. The van der Waals surface area contributed by atoms with E-state index in [1.54, 1.807) is 0 Å². The van der Waals surface area contributed by atoms with Crippen LogP contribution in [-0.4, -0.2) is 10.2 Å². The predicted octanol–water partition coefficient (Wildman–Crippen LogP) is 8.56. The van der Waals surface area contributed by atoms with E-state index in [9.17, 15) is 10.2 Å². The molecule has 0 aromatic heterocycles. The first-order chi connectivity index (χ1) is 16.7. The molecule has 0 amide bonds. The van der Waals surface area contributed by atoms with Crippen LogP contribution in [0, 0.1) is 0 Å². The molecule has 2 heteroatoms. The highest BCUT2D eigenvalue weighted by Crippen LogP contribution is 2.31. The molecular weight excluding hydrogens is 416 g/mol. The van der Waals surface area contributed by atoms with Crippen LogP contribution >= 0.6 is 0 Å². The van der Waals surface area contributed by atoms with Gasteiger partial charge in [-0.05, 0) is 72.2 Å². The van der Waals surface area contributed by atoms with Crippen LogP contribution in [-0.2, 0) is 12.8 Å². The molecule has 0 saturated carbocycles. The monoisotopic (exact) mass is 450 g/mol. The first-order valence-electron chi connectivity index (χ1n) is 12.5. The van der Waals surface area contributed by atoms with Crippen LogP contribution in [0.5, 0.6) is 11.5 Å². The summed E-state index contributed by atoms with van der Waals surface area (Å²) < 4.78 is 0. The molecule has 4 aromatic carbocycles. The maximum Gasteiger partial charge on any atom is 0.123 e. The van der Waals surface area contributed by atoms with Crippen LogP contribution in [0.4, 0.5) is 0 Å². The third-order valence-electron chi connectivity index (χ3n) is 6.47. The molecule has 4 aromatic rings. The Morgan fingerprint density at radius 2 is 0.794 bits per heavy atom. The van der Waals surface area contributed by atoms with E-state index < -0.39 is 0 Å². The summed E-state index contributed by atoms with van der Waals surface area (Å²) in [6, 6.07) is 32.2. The Hall–Kier alpha value is -3.52. The Morgan fingerprint density at radius 1 is 0.412 bits per heavy atom. The summed E-state index contributed by atoms with van der Waals surface area (Å²) >= 11 is 0. The molecule has 0 aliphatic rings. The summed E-state index contributed by atoms with van der Waals surface area (Å²) in [7, 11) is 0. The molecule has 0 unspecified atom stereocenters. The highest BCUT2D eigenvalue weighted by molar-refractivity contribution is 5.71. The van der Waals surface area contributed by atoms with Crippen molar-refractivity contribution in [2.24, 2.45) is 0 Å². The zero-order chi connectivity index (χ0) is 23.6. The summed E-state index contributed by atoms with van der Waals surface area (Å²) in [5.74, 6) is 0.693. The van der Waals surface area contributed by atoms with E-state index in [4.69, 9.17) is 0 Å². The van der Waals surface area contributed by atoms with Crippen molar-refractivity contribution in [2.75, 3.05) is 0 Å². The van der Waals surface area contributed by atoms with Gasteiger partial charge < -0.3 is 10.2 Å². The topological polar surface area (TPSA) is 40.5 Å².